The van der Waals surface area contributed by atoms with E-state index in [0.717, 1.165) is 99.7 Å². The average Bonchev–Trinajstić information content (AvgIpc) is 3.07. The van der Waals surface area contributed by atoms with E-state index in [1.807, 2.05) is 36.4 Å². The minimum absolute atomic E-state index is 0.0221. The average molecular weight is 625 g/mol. The zero-order valence-corrected chi connectivity index (χ0v) is 28.2. The van der Waals surface area contributed by atoms with Crippen molar-refractivity contribution in [2.45, 2.75) is 103 Å². The molecule has 248 valence electrons. The molecule has 0 heterocycles. The molecular formula is C40H52N2O4-2. The van der Waals surface area contributed by atoms with Crippen LogP contribution in [0.15, 0.2) is 60.7 Å². The minimum Gasteiger partial charge on any atom is -0.851 e. The van der Waals surface area contributed by atoms with Crippen molar-refractivity contribution in [2.24, 2.45) is 0 Å². The molecular weight excluding hydrogens is 572 g/mol. The molecule has 6 heteroatoms. The van der Waals surface area contributed by atoms with Crippen LogP contribution in [0.25, 0.3) is 21.5 Å². The summed E-state index contributed by atoms with van der Waals surface area (Å²) in [5.41, 5.74) is 3.08. The number of rotatable bonds is 16. The van der Waals surface area contributed by atoms with Crippen LogP contribution in [0.1, 0.15) is 102 Å². The second-order valence-electron chi connectivity index (χ2n) is 13.2. The Morgan fingerprint density at radius 1 is 0.522 bits per heavy atom. The lowest BCUT2D eigenvalue weighted by atomic mass is 9.62. The van der Waals surface area contributed by atoms with Crippen LogP contribution in [-0.2, 0) is 0 Å². The molecule has 1 saturated carbocycles. The quantitative estimate of drug-likeness (QED) is 0.134. The molecule has 0 aliphatic heterocycles. The van der Waals surface area contributed by atoms with Gasteiger partial charge in [-0.15, -0.1) is 12.2 Å². The van der Waals surface area contributed by atoms with Gasteiger partial charge < -0.3 is 30.2 Å². The second-order valence-corrected chi connectivity index (χ2v) is 13.2. The molecule has 0 spiro atoms. The highest BCUT2D eigenvalue weighted by Crippen LogP contribution is 2.51. The van der Waals surface area contributed by atoms with Crippen molar-refractivity contribution in [1.29, 1.82) is 0 Å². The maximum atomic E-state index is 13.7. The van der Waals surface area contributed by atoms with Crippen LogP contribution in [0.3, 0.4) is 0 Å². The fraction of sp³-hybridized carbons (Fsp3) is 0.500. The molecule has 2 N–H and O–H groups in total. The molecule has 46 heavy (non-hydrogen) atoms. The first-order valence-electron chi connectivity index (χ1n) is 17.7. The molecule has 0 saturated heterocycles. The third-order valence-electron chi connectivity index (χ3n) is 10.0. The Morgan fingerprint density at radius 3 is 1.20 bits per heavy atom. The summed E-state index contributed by atoms with van der Waals surface area (Å²) in [5, 5.41) is 53.1. The number of unbranched alkanes of at least 4 members (excludes halogenated alkanes) is 4. The molecule has 0 aromatic heterocycles. The number of hydrogen-bond acceptors (Lipinski definition) is 6. The standard InChI is InChI=1S/C40H52N2O4/c1-5-9-21-41(22-10-6-2)29-15-19-31-27(25-29)13-17-33(37(31)43)35-39(45)36(40(35)46)34-18-14-28-26-30(16-20-32(28)38(34)44)42(23-11-7-3)24-12-8-4/h13-20,25-26,35-36,39-40,43-44H,5-12,21-24H2,1-4H3/q-2. The van der Waals surface area contributed by atoms with Crippen LogP contribution in [0.4, 0.5) is 11.4 Å². The van der Waals surface area contributed by atoms with E-state index in [9.17, 15) is 20.4 Å². The second kappa shape index (κ2) is 15.4. The zero-order valence-electron chi connectivity index (χ0n) is 28.2. The molecule has 0 radical (unpaired) electrons. The Kier molecular flexibility index (Phi) is 11.3. The van der Waals surface area contributed by atoms with Gasteiger partial charge in [-0.2, -0.15) is 0 Å². The summed E-state index contributed by atoms with van der Waals surface area (Å²) >= 11 is 0. The van der Waals surface area contributed by atoms with Crippen molar-refractivity contribution in [3.63, 3.8) is 0 Å². The largest absolute Gasteiger partial charge is 0.851 e. The van der Waals surface area contributed by atoms with E-state index in [2.05, 4.69) is 49.6 Å². The van der Waals surface area contributed by atoms with Gasteiger partial charge in [-0.05, 0) is 95.8 Å². The van der Waals surface area contributed by atoms with E-state index in [-0.39, 0.29) is 11.5 Å². The number of fused-ring (bicyclic) bond motifs is 2. The third kappa shape index (κ3) is 6.79. The number of phenolic OH excluding ortho intramolecular Hbond substituents is 2. The van der Waals surface area contributed by atoms with Crippen LogP contribution >= 0.6 is 0 Å². The van der Waals surface area contributed by atoms with Gasteiger partial charge in [0.05, 0.1) is 0 Å². The Labute approximate surface area is 275 Å². The first-order chi connectivity index (χ1) is 22.3. The predicted octanol–water partition coefficient (Wildman–Crippen LogP) is 7.56. The summed E-state index contributed by atoms with van der Waals surface area (Å²) in [5.74, 6) is -1.70. The van der Waals surface area contributed by atoms with Crippen LogP contribution in [0.5, 0.6) is 11.5 Å². The van der Waals surface area contributed by atoms with Crippen LogP contribution in [0.2, 0.25) is 0 Å². The fourth-order valence-corrected chi connectivity index (χ4v) is 7.09. The SMILES string of the molecule is CCCCN(CCCC)c1ccc2c(O)c(C3C([O-])C(c4ccc5cc(N(CCCC)CCCC)ccc5c4O)C3[O-])ccc2c1. The highest BCUT2D eigenvalue weighted by atomic mass is 16.3. The van der Waals surface area contributed by atoms with Crippen LogP contribution in [0, 0.1) is 0 Å². The van der Waals surface area contributed by atoms with Gasteiger partial charge in [0.1, 0.15) is 11.5 Å². The predicted molar refractivity (Wildman–Crippen MR) is 188 cm³/mol. The molecule has 4 aromatic rings. The van der Waals surface area contributed by atoms with Crippen molar-refractivity contribution >= 4 is 32.9 Å². The highest BCUT2D eigenvalue weighted by molar-refractivity contribution is 5.93. The summed E-state index contributed by atoms with van der Waals surface area (Å²) in [6.07, 6.45) is 6.48. The topological polar surface area (TPSA) is 93.1 Å². The molecule has 0 unspecified atom stereocenters. The van der Waals surface area contributed by atoms with E-state index in [1.54, 1.807) is 12.1 Å². The van der Waals surface area contributed by atoms with E-state index in [1.165, 1.54) is 0 Å². The first-order valence-corrected chi connectivity index (χ1v) is 17.7. The van der Waals surface area contributed by atoms with Gasteiger partial charge in [0.15, 0.2) is 0 Å². The Hall–Kier alpha value is -3.48. The van der Waals surface area contributed by atoms with Crippen molar-refractivity contribution in [1.82, 2.24) is 0 Å². The van der Waals surface area contributed by atoms with Gasteiger partial charge in [-0.3, -0.25) is 0 Å². The maximum absolute atomic E-state index is 13.7. The normalized spacial score (nSPS) is 19.4. The summed E-state index contributed by atoms with van der Waals surface area (Å²) in [6, 6.07) is 19.5. The molecule has 1 fully saturated rings. The third-order valence-corrected chi connectivity index (χ3v) is 10.0. The summed E-state index contributed by atoms with van der Waals surface area (Å²) < 4.78 is 0. The number of hydrogen-bond donors (Lipinski definition) is 2. The molecule has 0 atom stereocenters. The molecule has 0 bridgehead atoms. The van der Waals surface area contributed by atoms with Crippen LogP contribution in [-0.4, -0.2) is 48.6 Å². The van der Waals surface area contributed by atoms with Crippen molar-refractivity contribution in [3.05, 3.63) is 71.8 Å². The number of anilines is 2. The van der Waals surface area contributed by atoms with Crippen molar-refractivity contribution in [3.8, 4) is 11.5 Å². The lowest BCUT2D eigenvalue weighted by molar-refractivity contribution is -0.536. The Bertz CT molecular complexity index is 1460. The van der Waals surface area contributed by atoms with E-state index in [4.69, 9.17) is 0 Å². The molecule has 1 aliphatic rings. The number of benzene rings is 4. The molecule has 0 amide bonds. The Balaban J connectivity index is 1.37. The molecule has 1 aliphatic carbocycles. The van der Waals surface area contributed by atoms with E-state index < -0.39 is 24.0 Å². The maximum Gasteiger partial charge on any atom is 0.126 e. The summed E-state index contributed by atoms with van der Waals surface area (Å²) in [6.45, 7) is 12.8. The molecule has 4 aromatic carbocycles. The lowest BCUT2D eigenvalue weighted by Crippen LogP contribution is -2.63. The summed E-state index contributed by atoms with van der Waals surface area (Å²) in [7, 11) is 0. The zero-order chi connectivity index (χ0) is 32.8. The fourth-order valence-electron chi connectivity index (χ4n) is 7.09. The minimum atomic E-state index is -1.26. The number of phenols is 2. The highest BCUT2D eigenvalue weighted by Gasteiger charge is 2.41. The lowest BCUT2D eigenvalue weighted by Gasteiger charge is -2.61. The van der Waals surface area contributed by atoms with Crippen molar-refractivity contribution in [2.75, 3.05) is 36.0 Å². The van der Waals surface area contributed by atoms with Gasteiger partial charge in [-0.25, -0.2) is 0 Å². The van der Waals surface area contributed by atoms with Gasteiger partial charge in [0.2, 0.25) is 0 Å². The Morgan fingerprint density at radius 2 is 0.870 bits per heavy atom. The first kappa shape index (κ1) is 33.9. The van der Waals surface area contributed by atoms with Gasteiger partial charge >= 0.3 is 0 Å². The molecule has 5 rings (SSSR count). The molecule has 6 nitrogen and oxygen atoms in total. The van der Waals surface area contributed by atoms with Crippen molar-refractivity contribution < 1.29 is 20.4 Å². The number of nitrogens with zero attached hydrogens (tertiary/aromatic N) is 2. The van der Waals surface area contributed by atoms with Crippen LogP contribution < -0.4 is 20.0 Å². The number of aromatic hydroxyl groups is 2. The van der Waals surface area contributed by atoms with E-state index >= 15 is 0 Å². The van der Waals surface area contributed by atoms with Gasteiger partial charge in [0, 0.05) is 48.3 Å². The summed E-state index contributed by atoms with van der Waals surface area (Å²) in [4.78, 5) is 4.81. The van der Waals surface area contributed by atoms with Gasteiger partial charge in [-0.1, -0.05) is 77.6 Å². The van der Waals surface area contributed by atoms with E-state index in [0.29, 0.717) is 21.9 Å². The smallest absolute Gasteiger partial charge is 0.126 e. The van der Waals surface area contributed by atoms with Gasteiger partial charge in [0.25, 0.3) is 0 Å². The monoisotopic (exact) mass is 624 g/mol.